The van der Waals surface area contributed by atoms with Crippen molar-refractivity contribution in [3.8, 4) is 17.1 Å². The molecule has 3 aliphatic carbocycles. The number of nitrogens with one attached hydrogen (secondary N) is 3. The molecule has 5 atom stereocenters. The number of hydrogen-bond acceptors (Lipinski definition) is 10. The molecule has 0 spiro atoms. The summed E-state index contributed by atoms with van der Waals surface area (Å²) < 4.78 is 60.2. The highest BCUT2D eigenvalue weighted by Crippen LogP contribution is 2.48. The van der Waals surface area contributed by atoms with E-state index in [-0.39, 0.29) is 24.8 Å². The van der Waals surface area contributed by atoms with E-state index >= 15 is 0 Å². The Morgan fingerprint density at radius 3 is 2.37 bits per heavy atom. The molecule has 1 aliphatic heterocycles. The largest absolute Gasteiger partial charge is 0.497 e. The van der Waals surface area contributed by atoms with E-state index in [0.29, 0.717) is 42.4 Å². The van der Waals surface area contributed by atoms with E-state index in [4.69, 9.17) is 4.74 Å². The van der Waals surface area contributed by atoms with Crippen molar-refractivity contribution in [1.82, 2.24) is 40.5 Å². The summed E-state index contributed by atoms with van der Waals surface area (Å²) in [6, 6.07) is 4.63. The second-order valence-electron chi connectivity index (χ2n) is 14.1. The molecule has 1 aromatic carbocycles. The first-order valence-corrected chi connectivity index (χ1v) is 18.5. The number of carbonyl (C=O) groups excluding carboxylic acids is 3. The first-order valence-electron chi connectivity index (χ1n) is 17.0. The number of benzene rings is 1. The Morgan fingerprint density at radius 2 is 1.78 bits per heavy atom. The van der Waals surface area contributed by atoms with Gasteiger partial charge >= 0.3 is 0 Å². The number of carbonyl (C=O) groups is 3. The minimum Gasteiger partial charge on any atom is -0.497 e. The number of halogens is 2. The number of ether oxygens (including phenoxy) is 1. The highest BCUT2D eigenvalue weighted by molar-refractivity contribution is 7.91. The third-order valence-corrected chi connectivity index (χ3v) is 12.1. The van der Waals surface area contributed by atoms with Gasteiger partial charge in [0.1, 0.15) is 17.3 Å². The summed E-state index contributed by atoms with van der Waals surface area (Å²) in [6.07, 6.45) is 1.76. The van der Waals surface area contributed by atoms with Crippen LogP contribution >= 0.6 is 0 Å². The Balaban J connectivity index is 1.25. The van der Waals surface area contributed by atoms with Crippen LogP contribution in [-0.4, -0.2) is 101 Å². The molecule has 1 unspecified atom stereocenters. The van der Waals surface area contributed by atoms with Gasteiger partial charge in [0.15, 0.2) is 0 Å². The fraction of sp³-hybridized carbons (Fsp3) is 0.688. The van der Waals surface area contributed by atoms with Gasteiger partial charge in [-0.15, -0.1) is 10.2 Å². The lowest BCUT2D eigenvalue weighted by Gasteiger charge is -2.32. The van der Waals surface area contributed by atoms with Crippen LogP contribution in [0.25, 0.3) is 11.4 Å². The minimum absolute atomic E-state index is 0.0147. The lowest BCUT2D eigenvalue weighted by molar-refractivity contribution is -0.142. The molecule has 1 saturated heterocycles. The molecule has 4 fully saturated rings. The molecular formula is C32H44F2N8O6S. The Bertz CT molecular complexity index is 1650. The zero-order valence-electron chi connectivity index (χ0n) is 27.8. The summed E-state index contributed by atoms with van der Waals surface area (Å²) in [5.74, 6) is -2.66. The van der Waals surface area contributed by atoms with E-state index in [1.54, 1.807) is 31.4 Å². The predicted octanol–water partition coefficient (Wildman–Crippen LogP) is 2.04. The highest BCUT2D eigenvalue weighted by Gasteiger charge is 2.66. The number of amides is 3. The van der Waals surface area contributed by atoms with Crippen LogP contribution < -0.4 is 20.1 Å². The summed E-state index contributed by atoms with van der Waals surface area (Å²) >= 11 is 0. The Morgan fingerprint density at radius 1 is 1.08 bits per heavy atom. The molecule has 0 bridgehead atoms. The van der Waals surface area contributed by atoms with Crippen molar-refractivity contribution in [2.45, 2.75) is 101 Å². The zero-order valence-corrected chi connectivity index (χ0v) is 28.7. The highest BCUT2D eigenvalue weighted by atomic mass is 32.2. The monoisotopic (exact) mass is 706 g/mol. The zero-order chi connectivity index (χ0) is 35.1. The number of likely N-dealkylation sites (tertiary alicyclic amines) is 1. The number of aromatic nitrogens is 4. The van der Waals surface area contributed by atoms with Gasteiger partial charge in [-0.25, -0.2) is 17.2 Å². The smallest absolute Gasteiger partial charge is 0.259 e. The molecule has 2 aromatic rings. The summed E-state index contributed by atoms with van der Waals surface area (Å²) in [4.78, 5) is 44.3. The van der Waals surface area contributed by atoms with Crippen LogP contribution in [0.2, 0.25) is 0 Å². The van der Waals surface area contributed by atoms with Crippen molar-refractivity contribution < 1.29 is 36.3 Å². The van der Waals surface area contributed by atoms with E-state index in [2.05, 4.69) is 26.0 Å². The third kappa shape index (κ3) is 7.42. The molecule has 3 amide bonds. The van der Waals surface area contributed by atoms with Gasteiger partial charge in [0.25, 0.3) is 5.91 Å². The number of tetrazole rings is 1. The summed E-state index contributed by atoms with van der Waals surface area (Å²) in [5.41, 5.74) is -1.45. The van der Waals surface area contributed by atoms with Crippen molar-refractivity contribution in [3.63, 3.8) is 0 Å². The molecule has 2 heterocycles. The van der Waals surface area contributed by atoms with Gasteiger partial charge in [-0.05, 0) is 80.0 Å². The average molecular weight is 707 g/mol. The van der Waals surface area contributed by atoms with Gasteiger partial charge in [-0.2, -0.15) is 4.80 Å². The number of hydrogen-bond donors (Lipinski definition) is 3. The lowest BCUT2D eigenvalue weighted by atomic mass is 10.0. The summed E-state index contributed by atoms with van der Waals surface area (Å²) in [6.45, 7) is 4.48. The average Bonchev–Trinajstić information content (AvgIpc) is 3.84. The van der Waals surface area contributed by atoms with E-state index < -0.39 is 69.5 Å². The molecule has 3 N–H and O–H groups in total. The molecule has 17 heteroatoms. The van der Waals surface area contributed by atoms with Crippen LogP contribution in [0, 0.1) is 17.8 Å². The van der Waals surface area contributed by atoms with E-state index in [9.17, 15) is 31.6 Å². The topological polar surface area (TPSA) is 178 Å². The molecule has 3 saturated carbocycles. The Labute approximate surface area is 284 Å². The number of nitrogens with zero attached hydrogens (tertiary/aromatic N) is 5. The predicted molar refractivity (Wildman–Crippen MR) is 173 cm³/mol. The molecule has 268 valence electrons. The van der Waals surface area contributed by atoms with E-state index in [1.165, 1.54) is 9.70 Å². The summed E-state index contributed by atoms with van der Waals surface area (Å²) in [5, 5.41) is 18.0. The van der Waals surface area contributed by atoms with Crippen LogP contribution in [-0.2, 0) is 24.4 Å². The van der Waals surface area contributed by atoms with Gasteiger partial charge in [-0.1, -0.05) is 26.7 Å². The molecule has 4 aliphatic rings. The van der Waals surface area contributed by atoms with Crippen LogP contribution in [0.5, 0.6) is 5.75 Å². The first kappa shape index (κ1) is 35.1. The normalized spacial score (nSPS) is 26.3. The fourth-order valence-electron chi connectivity index (χ4n) is 7.04. The quantitative estimate of drug-likeness (QED) is 0.264. The molecular weight excluding hydrogens is 662 g/mol. The van der Waals surface area contributed by atoms with E-state index in [0.717, 1.165) is 25.7 Å². The molecule has 49 heavy (non-hydrogen) atoms. The van der Waals surface area contributed by atoms with Crippen LogP contribution in [0.3, 0.4) is 0 Å². The van der Waals surface area contributed by atoms with Crippen molar-refractivity contribution in [1.29, 1.82) is 0 Å². The maximum atomic E-state index is 14.3. The van der Waals surface area contributed by atoms with Crippen molar-refractivity contribution >= 4 is 27.7 Å². The number of sulfonamides is 1. The summed E-state index contributed by atoms with van der Waals surface area (Å²) in [7, 11) is -2.51. The van der Waals surface area contributed by atoms with Gasteiger partial charge < -0.3 is 20.3 Å². The number of methoxy groups -OCH3 is 1. The van der Waals surface area contributed by atoms with Crippen molar-refractivity contribution in [2.24, 2.45) is 17.8 Å². The fourth-order valence-corrected chi connectivity index (χ4v) is 8.41. The van der Waals surface area contributed by atoms with Crippen molar-refractivity contribution in [3.05, 3.63) is 24.3 Å². The van der Waals surface area contributed by atoms with Crippen LogP contribution in [0.15, 0.2) is 24.3 Å². The maximum Gasteiger partial charge on any atom is 0.259 e. The van der Waals surface area contributed by atoms with Crippen LogP contribution in [0.4, 0.5) is 8.78 Å². The molecule has 1 aromatic heterocycles. The lowest BCUT2D eigenvalue weighted by Crippen LogP contribution is -2.59. The maximum absolute atomic E-state index is 14.3. The molecule has 0 radical (unpaired) electrons. The first-order chi connectivity index (χ1) is 23.3. The van der Waals surface area contributed by atoms with Gasteiger partial charge in [0.05, 0.1) is 30.4 Å². The number of alkyl halides is 2. The minimum atomic E-state index is -4.06. The molecule has 6 rings (SSSR count). The van der Waals surface area contributed by atoms with Crippen LogP contribution in [0.1, 0.15) is 71.3 Å². The second kappa shape index (κ2) is 13.9. The SMILES string of the molecule is COc1ccc(-c2nnn([C@@H]3CC(C(=O)N[C@]4(C(=O)NS(=O)(=O)C5CC5)C[C@H]4C(F)F)N(C(=O)[C@@H](NCC4CCCC4)C(C)C)C3)n2)cc1. The van der Waals surface area contributed by atoms with Gasteiger partial charge in [-0.3, -0.25) is 19.1 Å². The second-order valence-corrected chi connectivity index (χ2v) is 16.1. The van der Waals surface area contributed by atoms with E-state index in [1.807, 2.05) is 18.6 Å². The van der Waals surface area contributed by atoms with Gasteiger partial charge in [0.2, 0.25) is 34.1 Å². The van der Waals surface area contributed by atoms with Gasteiger partial charge in [0, 0.05) is 18.5 Å². The Kier molecular flexibility index (Phi) is 9.95. The third-order valence-electron chi connectivity index (χ3n) is 10.3. The van der Waals surface area contributed by atoms with Crippen molar-refractivity contribution in [2.75, 3.05) is 20.2 Å². The Hall–Kier alpha value is -3.73. The number of rotatable bonds is 14. The standard InChI is InChI=1S/C32H44F2N8O6S/c1-18(2)26(35-16-19-6-4-5-7-19)30(44)41-17-21(42-38-28(37-40-42)20-8-10-22(48-3)11-9-20)14-25(41)29(43)36-32(15-24(32)27(33)34)31(45)39-49(46,47)23-12-13-23/h8-11,18-19,21,23-27,35H,4-7,12-17H2,1-3H3,(H,36,43)(H,39,45)/t21-,24+,25?,26+,32-/m1/s1. The molecule has 14 nitrogen and oxygen atoms in total.